The van der Waals surface area contributed by atoms with Gasteiger partial charge in [0.05, 0.1) is 12.6 Å². The van der Waals surface area contributed by atoms with Crippen LogP contribution < -0.4 is 10.6 Å². The van der Waals surface area contributed by atoms with Gasteiger partial charge in [-0.1, -0.05) is 29.8 Å². The number of guanidine groups is 1. The zero-order valence-corrected chi connectivity index (χ0v) is 19.4. The fourth-order valence-electron chi connectivity index (χ4n) is 4.35. The Bertz CT molecular complexity index is 654. The fourth-order valence-corrected chi connectivity index (χ4v) is 4.35. The highest BCUT2D eigenvalue weighted by atomic mass is 16.5. The van der Waals surface area contributed by atoms with E-state index >= 15 is 0 Å². The lowest BCUT2D eigenvalue weighted by molar-refractivity contribution is -0.0265. The van der Waals surface area contributed by atoms with E-state index in [-0.39, 0.29) is 6.10 Å². The van der Waals surface area contributed by atoms with E-state index < -0.39 is 0 Å². The Labute approximate surface area is 183 Å². The van der Waals surface area contributed by atoms with E-state index in [4.69, 9.17) is 9.73 Å². The van der Waals surface area contributed by atoms with Gasteiger partial charge in [-0.2, -0.15) is 0 Å². The Balaban J connectivity index is 1.55. The zero-order chi connectivity index (χ0) is 21.3. The summed E-state index contributed by atoms with van der Waals surface area (Å²) in [6.07, 6.45) is 2.48. The molecule has 2 aliphatic rings. The van der Waals surface area contributed by atoms with E-state index in [1.807, 2.05) is 0 Å². The highest BCUT2D eigenvalue weighted by molar-refractivity contribution is 5.79. The average molecular weight is 416 g/mol. The number of aryl methyl sites for hydroxylation is 1. The molecule has 0 saturated carbocycles. The summed E-state index contributed by atoms with van der Waals surface area (Å²) in [5.74, 6) is 1.38. The summed E-state index contributed by atoms with van der Waals surface area (Å²) in [5.41, 5.74) is 2.58. The molecule has 1 aromatic rings. The van der Waals surface area contributed by atoms with Crippen molar-refractivity contribution in [3.8, 4) is 0 Å². The first kappa shape index (κ1) is 23.0. The largest absolute Gasteiger partial charge is 0.373 e. The standard InChI is InChI=1S/C24H41N5O/c1-5-25-24(26-17-20(3)29-14-12-28(4)13-15-29)27-18-22-7-6-16-30-23(22)21-10-8-19(2)9-11-21/h8-11,20,22-23H,5-7,12-18H2,1-4H3,(H2,25,26,27). The molecule has 6 nitrogen and oxygen atoms in total. The summed E-state index contributed by atoms with van der Waals surface area (Å²) in [5, 5.41) is 7.02. The van der Waals surface area contributed by atoms with Crippen LogP contribution in [0.2, 0.25) is 0 Å². The molecule has 2 fully saturated rings. The van der Waals surface area contributed by atoms with Gasteiger partial charge < -0.3 is 20.3 Å². The minimum Gasteiger partial charge on any atom is -0.373 e. The maximum absolute atomic E-state index is 6.18. The van der Waals surface area contributed by atoms with Gasteiger partial charge in [0.2, 0.25) is 0 Å². The van der Waals surface area contributed by atoms with Gasteiger partial charge in [0.15, 0.2) is 5.96 Å². The number of hydrogen-bond donors (Lipinski definition) is 2. The van der Waals surface area contributed by atoms with Crippen LogP contribution in [-0.2, 0) is 4.74 Å². The Morgan fingerprint density at radius 1 is 1.17 bits per heavy atom. The van der Waals surface area contributed by atoms with E-state index in [0.29, 0.717) is 12.0 Å². The number of rotatable bonds is 7. The van der Waals surface area contributed by atoms with Crippen LogP contribution >= 0.6 is 0 Å². The van der Waals surface area contributed by atoms with Crippen LogP contribution in [0, 0.1) is 12.8 Å². The second-order valence-corrected chi connectivity index (χ2v) is 8.89. The second kappa shape index (κ2) is 11.7. The van der Waals surface area contributed by atoms with E-state index in [1.54, 1.807) is 0 Å². The maximum atomic E-state index is 6.18. The van der Waals surface area contributed by atoms with Crippen LogP contribution in [-0.4, -0.2) is 81.3 Å². The molecule has 1 aromatic carbocycles. The third-order valence-electron chi connectivity index (χ3n) is 6.40. The number of ether oxygens (including phenoxy) is 1. The predicted molar refractivity (Wildman–Crippen MR) is 125 cm³/mol. The number of likely N-dealkylation sites (N-methyl/N-ethyl adjacent to an activating group) is 1. The molecule has 168 valence electrons. The summed E-state index contributed by atoms with van der Waals surface area (Å²) in [7, 11) is 2.20. The Morgan fingerprint density at radius 2 is 1.90 bits per heavy atom. The lowest BCUT2D eigenvalue weighted by atomic mass is 9.89. The summed E-state index contributed by atoms with van der Waals surface area (Å²) in [4.78, 5) is 9.85. The van der Waals surface area contributed by atoms with E-state index in [0.717, 1.165) is 64.8 Å². The average Bonchev–Trinajstić information content (AvgIpc) is 2.77. The van der Waals surface area contributed by atoms with Crippen molar-refractivity contribution in [1.82, 2.24) is 20.4 Å². The van der Waals surface area contributed by atoms with Crippen molar-refractivity contribution >= 4 is 5.96 Å². The van der Waals surface area contributed by atoms with Crippen LogP contribution in [0.5, 0.6) is 0 Å². The van der Waals surface area contributed by atoms with E-state index in [1.165, 1.54) is 17.5 Å². The van der Waals surface area contributed by atoms with Gasteiger partial charge in [0, 0.05) is 57.8 Å². The summed E-state index contributed by atoms with van der Waals surface area (Å²) in [6.45, 7) is 14.5. The van der Waals surface area contributed by atoms with Gasteiger partial charge in [-0.05, 0) is 46.2 Å². The van der Waals surface area contributed by atoms with Gasteiger partial charge in [0.1, 0.15) is 0 Å². The van der Waals surface area contributed by atoms with Crippen LogP contribution in [0.3, 0.4) is 0 Å². The van der Waals surface area contributed by atoms with Crippen LogP contribution in [0.15, 0.2) is 29.3 Å². The third kappa shape index (κ3) is 6.69. The number of hydrogen-bond acceptors (Lipinski definition) is 4. The molecule has 2 aliphatic heterocycles. The Morgan fingerprint density at radius 3 is 2.60 bits per heavy atom. The molecule has 0 bridgehead atoms. The van der Waals surface area contributed by atoms with E-state index in [9.17, 15) is 0 Å². The van der Waals surface area contributed by atoms with Crippen molar-refractivity contribution in [3.05, 3.63) is 35.4 Å². The topological polar surface area (TPSA) is 52.1 Å². The smallest absolute Gasteiger partial charge is 0.191 e. The molecular weight excluding hydrogens is 374 g/mol. The quantitative estimate of drug-likeness (QED) is 0.530. The maximum Gasteiger partial charge on any atom is 0.191 e. The van der Waals surface area contributed by atoms with Gasteiger partial charge in [-0.15, -0.1) is 0 Å². The first-order chi connectivity index (χ1) is 14.6. The molecule has 0 amide bonds. The van der Waals surface area contributed by atoms with Crippen LogP contribution in [0.1, 0.15) is 43.9 Å². The summed E-state index contributed by atoms with van der Waals surface area (Å²) >= 11 is 0. The van der Waals surface area contributed by atoms with Crippen LogP contribution in [0.25, 0.3) is 0 Å². The van der Waals surface area contributed by atoms with Crippen molar-refractivity contribution < 1.29 is 4.74 Å². The molecule has 0 aliphatic carbocycles. The lowest BCUT2D eigenvalue weighted by Gasteiger charge is -2.36. The molecule has 3 rings (SSSR count). The van der Waals surface area contributed by atoms with Gasteiger partial charge in [-0.25, -0.2) is 0 Å². The molecule has 0 aromatic heterocycles. The molecule has 2 saturated heterocycles. The third-order valence-corrected chi connectivity index (χ3v) is 6.40. The van der Waals surface area contributed by atoms with Crippen molar-refractivity contribution in [2.75, 3.05) is 59.5 Å². The number of aliphatic imine (C=N–C) groups is 1. The molecule has 2 N–H and O–H groups in total. The predicted octanol–water partition coefficient (Wildman–Crippen LogP) is 2.65. The first-order valence-corrected chi connectivity index (χ1v) is 11.7. The summed E-state index contributed by atoms with van der Waals surface area (Å²) in [6, 6.07) is 9.27. The zero-order valence-electron chi connectivity index (χ0n) is 19.4. The second-order valence-electron chi connectivity index (χ2n) is 8.89. The SMILES string of the molecule is CCNC(=NCC(C)N1CCN(C)CC1)NCC1CCCOC1c1ccc(C)cc1. The van der Waals surface area contributed by atoms with Gasteiger partial charge in [0.25, 0.3) is 0 Å². The number of nitrogens with zero attached hydrogens (tertiary/aromatic N) is 3. The van der Waals surface area contributed by atoms with E-state index in [2.05, 4.69) is 72.5 Å². The number of piperazine rings is 1. The minimum atomic E-state index is 0.166. The first-order valence-electron chi connectivity index (χ1n) is 11.7. The van der Waals surface area contributed by atoms with Crippen molar-refractivity contribution in [2.45, 2.75) is 45.8 Å². The van der Waals surface area contributed by atoms with Crippen molar-refractivity contribution in [3.63, 3.8) is 0 Å². The molecule has 0 spiro atoms. The number of nitrogens with one attached hydrogen (secondary N) is 2. The molecule has 2 heterocycles. The normalized spacial score (nSPS) is 25.1. The van der Waals surface area contributed by atoms with Crippen molar-refractivity contribution in [2.24, 2.45) is 10.9 Å². The highest BCUT2D eigenvalue weighted by Crippen LogP contribution is 2.33. The molecule has 6 heteroatoms. The molecule has 0 radical (unpaired) electrons. The van der Waals surface area contributed by atoms with Gasteiger partial charge in [-0.3, -0.25) is 9.89 Å². The van der Waals surface area contributed by atoms with Gasteiger partial charge >= 0.3 is 0 Å². The molecule has 30 heavy (non-hydrogen) atoms. The Kier molecular flexibility index (Phi) is 8.97. The minimum absolute atomic E-state index is 0.166. The number of benzene rings is 1. The monoisotopic (exact) mass is 415 g/mol. The fraction of sp³-hybridized carbons (Fsp3) is 0.708. The molecular formula is C24H41N5O. The highest BCUT2D eigenvalue weighted by Gasteiger charge is 2.27. The van der Waals surface area contributed by atoms with Crippen molar-refractivity contribution in [1.29, 1.82) is 0 Å². The molecule has 3 unspecified atom stereocenters. The van der Waals surface area contributed by atoms with Crippen LogP contribution in [0.4, 0.5) is 0 Å². The Hall–Kier alpha value is -1.63. The molecule has 3 atom stereocenters. The lowest BCUT2D eigenvalue weighted by Crippen LogP contribution is -2.49. The summed E-state index contributed by atoms with van der Waals surface area (Å²) < 4.78 is 6.18.